The van der Waals surface area contributed by atoms with Crippen molar-refractivity contribution in [1.29, 1.82) is 0 Å². The fourth-order valence-corrected chi connectivity index (χ4v) is 3.72. The largest absolute Gasteiger partial charge is 0.480 e. The van der Waals surface area contributed by atoms with Crippen LogP contribution in [0.2, 0.25) is 0 Å². The Hall–Kier alpha value is -2.94. The lowest BCUT2D eigenvalue weighted by atomic mass is 9.85. The van der Waals surface area contributed by atoms with Crippen LogP contribution in [0.5, 0.6) is 5.75 Å². The van der Waals surface area contributed by atoms with E-state index in [1.165, 1.54) is 29.8 Å². The van der Waals surface area contributed by atoms with Gasteiger partial charge in [-0.3, -0.25) is 0 Å². The highest BCUT2D eigenvalue weighted by Crippen LogP contribution is 2.46. The fourth-order valence-electron chi connectivity index (χ4n) is 3.72. The Morgan fingerprint density at radius 1 is 0.821 bits per heavy atom. The molecule has 0 unspecified atom stereocenters. The summed E-state index contributed by atoms with van der Waals surface area (Å²) in [7, 11) is 0. The molecule has 0 N–H and O–H groups in total. The Bertz CT molecular complexity index is 1030. The van der Waals surface area contributed by atoms with Gasteiger partial charge in [-0.25, -0.2) is 8.78 Å². The van der Waals surface area contributed by atoms with Crippen LogP contribution >= 0.6 is 0 Å². The first-order valence-corrected chi connectivity index (χ1v) is 9.47. The number of benzene rings is 3. The lowest BCUT2D eigenvalue weighted by Gasteiger charge is -2.31. The average Bonchev–Trinajstić information content (AvgIpc) is 2.68. The SMILES string of the molecule is CC1=C(c2ccc(F)cc2)[C@H](c2ccc(C(C)C)cc2)Oc2cc(F)ccc21. The van der Waals surface area contributed by atoms with Gasteiger partial charge in [0.2, 0.25) is 0 Å². The molecule has 0 bridgehead atoms. The molecule has 0 aliphatic carbocycles. The molecule has 0 saturated carbocycles. The monoisotopic (exact) mass is 376 g/mol. The van der Waals surface area contributed by atoms with E-state index in [4.69, 9.17) is 4.74 Å². The molecular weight excluding hydrogens is 354 g/mol. The molecule has 0 radical (unpaired) electrons. The zero-order chi connectivity index (χ0) is 19.8. The Kier molecular flexibility index (Phi) is 4.76. The summed E-state index contributed by atoms with van der Waals surface area (Å²) in [4.78, 5) is 0. The predicted octanol–water partition coefficient (Wildman–Crippen LogP) is 7.15. The van der Waals surface area contributed by atoms with Crippen LogP contribution in [0.15, 0.2) is 66.7 Å². The number of allylic oxidation sites excluding steroid dienone is 1. The van der Waals surface area contributed by atoms with Gasteiger partial charge < -0.3 is 4.74 Å². The Morgan fingerprint density at radius 2 is 1.46 bits per heavy atom. The summed E-state index contributed by atoms with van der Waals surface area (Å²) in [6.07, 6.45) is -0.388. The Morgan fingerprint density at radius 3 is 2.11 bits per heavy atom. The van der Waals surface area contributed by atoms with Crippen LogP contribution in [0.4, 0.5) is 8.78 Å². The second-order valence-electron chi connectivity index (χ2n) is 7.51. The number of fused-ring (bicyclic) bond motifs is 1. The van der Waals surface area contributed by atoms with Gasteiger partial charge in [0.1, 0.15) is 23.5 Å². The number of hydrogen-bond donors (Lipinski definition) is 0. The van der Waals surface area contributed by atoms with Crippen molar-refractivity contribution in [3.05, 3.63) is 101 Å². The van der Waals surface area contributed by atoms with Crippen LogP contribution in [0.25, 0.3) is 11.1 Å². The van der Waals surface area contributed by atoms with Crippen molar-refractivity contribution in [2.75, 3.05) is 0 Å². The van der Waals surface area contributed by atoms with Gasteiger partial charge in [-0.05, 0) is 59.4 Å². The highest BCUT2D eigenvalue weighted by molar-refractivity contribution is 5.95. The second-order valence-corrected chi connectivity index (χ2v) is 7.51. The van der Waals surface area contributed by atoms with Gasteiger partial charge in [-0.1, -0.05) is 50.2 Å². The van der Waals surface area contributed by atoms with Crippen molar-refractivity contribution in [3.63, 3.8) is 0 Å². The molecule has 0 amide bonds. The van der Waals surface area contributed by atoms with Crippen molar-refractivity contribution in [3.8, 4) is 5.75 Å². The molecule has 0 aromatic heterocycles. The molecule has 1 aliphatic rings. The molecule has 4 rings (SSSR count). The molecule has 142 valence electrons. The summed E-state index contributed by atoms with van der Waals surface area (Å²) < 4.78 is 33.6. The van der Waals surface area contributed by atoms with Crippen molar-refractivity contribution in [1.82, 2.24) is 0 Å². The minimum Gasteiger partial charge on any atom is -0.480 e. The van der Waals surface area contributed by atoms with Crippen LogP contribution in [-0.2, 0) is 0 Å². The van der Waals surface area contributed by atoms with Gasteiger partial charge in [-0.15, -0.1) is 0 Å². The Labute approximate surface area is 164 Å². The molecule has 1 heterocycles. The third kappa shape index (κ3) is 3.33. The number of hydrogen-bond acceptors (Lipinski definition) is 1. The third-order valence-corrected chi connectivity index (χ3v) is 5.32. The number of rotatable bonds is 3. The van der Waals surface area contributed by atoms with Crippen LogP contribution in [0.3, 0.4) is 0 Å². The van der Waals surface area contributed by atoms with Crippen LogP contribution in [0.1, 0.15) is 55.0 Å². The van der Waals surface area contributed by atoms with Crippen molar-refractivity contribution in [2.24, 2.45) is 0 Å². The first-order valence-electron chi connectivity index (χ1n) is 9.47. The number of ether oxygens (including phenoxy) is 1. The third-order valence-electron chi connectivity index (χ3n) is 5.32. The molecule has 0 fully saturated rings. The smallest absolute Gasteiger partial charge is 0.150 e. The minimum atomic E-state index is -0.388. The van der Waals surface area contributed by atoms with Gasteiger partial charge in [0, 0.05) is 17.2 Å². The van der Waals surface area contributed by atoms with E-state index in [0.717, 1.165) is 27.8 Å². The number of halogens is 2. The fraction of sp³-hybridized carbons (Fsp3) is 0.200. The summed E-state index contributed by atoms with van der Waals surface area (Å²) in [5.74, 6) is 0.357. The van der Waals surface area contributed by atoms with Gasteiger partial charge in [0.25, 0.3) is 0 Å². The van der Waals surface area contributed by atoms with Crippen LogP contribution < -0.4 is 4.74 Å². The van der Waals surface area contributed by atoms with E-state index in [1.807, 2.05) is 6.92 Å². The normalized spacial score (nSPS) is 16.1. The molecule has 0 saturated heterocycles. The first-order chi connectivity index (χ1) is 13.4. The van der Waals surface area contributed by atoms with Crippen LogP contribution in [-0.4, -0.2) is 0 Å². The van der Waals surface area contributed by atoms with Crippen LogP contribution in [0, 0.1) is 11.6 Å². The minimum absolute atomic E-state index is 0.279. The van der Waals surface area contributed by atoms with Gasteiger partial charge in [0.05, 0.1) is 0 Å². The topological polar surface area (TPSA) is 9.23 Å². The Balaban J connectivity index is 1.88. The maximum atomic E-state index is 13.8. The second kappa shape index (κ2) is 7.23. The van der Waals surface area contributed by atoms with E-state index in [0.29, 0.717) is 11.7 Å². The van der Waals surface area contributed by atoms with E-state index >= 15 is 0 Å². The van der Waals surface area contributed by atoms with E-state index in [2.05, 4.69) is 38.1 Å². The standard InChI is InChI=1S/C25H22F2O/c1-15(2)17-4-6-19(7-5-17)25-24(18-8-10-20(26)11-9-18)16(3)22-13-12-21(27)14-23(22)28-25/h4-15,25H,1-3H3/t25-/m0/s1. The van der Waals surface area contributed by atoms with Crippen molar-refractivity contribution in [2.45, 2.75) is 32.8 Å². The highest BCUT2D eigenvalue weighted by Gasteiger charge is 2.29. The molecule has 0 spiro atoms. The predicted molar refractivity (Wildman–Crippen MR) is 109 cm³/mol. The maximum absolute atomic E-state index is 13.8. The molecular formula is C25H22F2O. The van der Waals surface area contributed by atoms with E-state index < -0.39 is 0 Å². The zero-order valence-corrected chi connectivity index (χ0v) is 16.2. The highest BCUT2D eigenvalue weighted by atomic mass is 19.1. The zero-order valence-electron chi connectivity index (χ0n) is 16.2. The first kappa shape index (κ1) is 18.4. The summed E-state index contributed by atoms with van der Waals surface area (Å²) in [5, 5.41) is 0. The molecule has 1 aliphatic heterocycles. The average molecular weight is 376 g/mol. The van der Waals surface area contributed by atoms with E-state index in [1.54, 1.807) is 18.2 Å². The lowest BCUT2D eigenvalue weighted by Crippen LogP contribution is -2.16. The molecule has 3 heteroatoms. The molecule has 3 aromatic rings. The lowest BCUT2D eigenvalue weighted by molar-refractivity contribution is 0.259. The summed E-state index contributed by atoms with van der Waals surface area (Å²) in [6, 6.07) is 19.3. The molecule has 3 aromatic carbocycles. The van der Waals surface area contributed by atoms with Gasteiger partial charge in [0.15, 0.2) is 0 Å². The van der Waals surface area contributed by atoms with E-state index in [-0.39, 0.29) is 17.7 Å². The molecule has 1 nitrogen and oxygen atoms in total. The van der Waals surface area contributed by atoms with Gasteiger partial charge >= 0.3 is 0 Å². The molecule has 1 atom stereocenters. The van der Waals surface area contributed by atoms with E-state index in [9.17, 15) is 8.78 Å². The molecule has 28 heavy (non-hydrogen) atoms. The van der Waals surface area contributed by atoms with Gasteiger partial charge in [-0.2, -0.15) is 0 Å². The summed E-state index contributed by atoms with van der Waals surface area (Å²) in [6.45, 7) is 6.31. The quantitative estimate of drug-likeness (QED) is 0.471. The maximum Gasteiger partial charge on any atom is 0.150 e. The van der Waals surface area contributed by atoms with Crippen molar-refractivity contribution < 1.29 is 13.5 Å². The van der Waals surface area contributed by atoms with Crippen molar-refractivity contribution >= 4 is 11.1 Å². The summed E-state index contributed by atoms with van der Waals surface area (Å²) >= 11 is 0. The summed E-state index contributed by atoms with van der Waals surface area (Å²) in [5.41, 5.74) is 5.96.